The van der Waals surface area contributed by atoms with Crippen LogP contribution in [0.25, 0.3) is 0 Å². The summed E-state index contributed by atoms with van der Waals surface area (Å²) in [6, 6.07) is 16.0. The number of hydrogen-bond donors (Lipinski definition) is 0. The van der Waals surface area contributed by atoms with E-state index in [0.29, 0.717) is 16.5 Å². The van der Waals surface area contributed by atoms with E-state index >= 15 is 0 Å². The molecule has 0 amide bonds. The fourth-order valence-corrected chi connectivity index (χ4v) is 3.84. The number of carbonyl (C=O) groups excluding carboxylic acids is 2. The largest absolute Gasteiger partial charge is 0.449 e. The number of allylic oxidation sites excluding steroid dienone is 2. The number of ketones is 2. The molecule has 0 bridgehead atoms. The fourth-order valence-electron chi connectivity index (χ4n) is 3.66. The standard InChI is InChI=1S/C26H21ClO4/c1-14-7-5-8-15(2)23(14)30-25-21(28)19-12-11-18(27)13-20(19)22(29)26(25)31-24-16(3)9-6-10-17(24)4/h5-13H,1-4H3. The third-order valence-electron chi connectivity index (χ3n) is 5.32. The summed E-state index contributed by atoms with van der Waals surface area (Å²) in [5, 5.41) is 0.366. The van der Waals surface area contributed by atoms with Gasteiger partial charge < -0.3 is 9.47 Å². The van der Waals surface area contributed by atoms with E-state index in [2.05, 4.69) is 0 Å². The maximum Gasteiger partial charge on any atom is 0.233 e. The monoisotopic (exact) mass is 432 g/mol. The van der Waals surface area contributed by atoms with Crippen LogP contribution in [0.2, 0.25) is 5.02 Å². The molecule has 156 valence electrons. The van der Waals surface area contributed by atoms with E-state index in [1.165, 1.54) is 6.07 Å². The molecule has 0 radical (unpaired) electrons. The second kappa shape index (κ2) is 8.05. The highest BCUT2D eigenvalue weighted by Crippen LogP contribution is 2.35. The van der Waals surface area contributed by atoms with E-state index in [4.69, 9.17) is 21.1 Å². The minimum atomic E-state index is -0.444. The van der Waals surface area contributed by atoms with Gasteiger partial charge in [0.15, 0.2) is 0 Å². The lowest BCUT2D eigenvalue weighted by Gasteiger charge is -2.23. The van der Waals surface area contributed by atoms with Gasteiger partial charge >= 0.3 is 0 Å². The molecule has 1 aliphatic carbocycles. The molecule has 0 fully saturated rings. The van der Waals surface area contributed by atoms with Crippen molar-refractivity contribution in [1.82, 2.24) is 0 Å². The number of ether oxygens (including phenoxy) is 2. The average molecular weight is 433 g/mol. The molecule has 0 saturated heterocycles. The molecule has 1 aliphatic rings. The molecule has 4 rings (SSSR count). The van der Waals surface area contributed by atoms with Gasteiger partial charge in [-0.25, -0.2) is 0 Å². The van der Waals surface area contributed by atoms with Crippen LogP contribution >= 0.6 is 11.6 Å². The first-order valence-electron chi connectivity index (χ1n) is 9.89. The first kappa shape index (κ1) is 20.9. The zero-order chi connectivity index (χ0) is 22.3. The molecule has 5 heteroatoms. The van der Waals surface area contributed by atoms with Gasteiger partial charge in [-0.1, -0.05) is 48.0 Å². The smallest absolute Gasteiger partial charge is 0.233 e. The predicted molar refractivity (Wildman–Crippen MR) is 120 cm³/mol. The average Bonchev–Trinajstić information content (AvgIpc) is 2.72. The van der Waals surface area contributed by atoms with Gasteiger partial charge in [-0.2, -0.15) is 0 Å². The number of rotatable bonds is 4. The highest BCUT2D eigenvalue weighted by molar-refractivity contribution is 6.32. The topological polar surface area (TPSA) is 52.6 Å². The van der Waals surface area contributed by atoms with E-state index in [9.17, 15) is 9.59 Å². The molecular weight excluding hydrogens is 412 g/mol. The van der Waals surface area contributed by atoms with Crippen LogP contribution in [0.1, 0.15) is 43.0 Å². The van der Waals surface area contributed by atoms with E-state index < -0.39 is 11.6 Å². The van der Waals surface area contributed by atoms with E-state index in [1.54, 1.807) is 12.1 Å². The van der Waals surface area contributed by atoms with Crippen molar-refractivity contribution >= 4 is 23.2 Å². The molecule has 0 saturated carbocycles. The molecule has 0 heterocycles. The summed E-state index contributed by atoms with van der Waals surface area (Å²) in [5.41, 5.74) is 3.83. The highest BCUT2D eigenvalue weighted by Gasteiger charge is 2.37. The number of benzene rings is 3. The van der Waals surface area contributed by atoms with Crippen molar-refractivity contribution in [2.24, 2.45) is 0 Å². The maximum atomic E-state index is 13.4. The third-order valence-corrected chi connectivity index (χ3v) is 5.55. The number of para-hydroxylation sites is 2. The number of aryl methyl sites for hydroxylation is 4. The highest BCUT2D eigenvalue weighted by atomic mass is 35.5. The second-order valence-electron chi connectivity index (χ2n) is 7.65. The van der Waals surface area contributed by atoms with Gasteiger partial charge in [0.1, 0.15) is 11.5 Å². The summed E-state index contributed by atoms with van der Waals surface area (Å²) >= 11 is 6.10. The van der Waals surface area contributed by atoms with Gasteiger partial charge in [0.05, 0.1) is 0 Å². The second-order valence-corrected chi connectivity index (χ2v) is 8.09. The first-order chi connectivity index (χ1) is 14.8. The molecule has 0 spiro atoms. The van der Waals surface area contributed by atoms with Crippen molar-refractivity contribution in [2.45, 2.75) is 27.7 Å². The SMILES string of the molecule is Cc1cccc(C)c1OC1=C(Oc2c(C)cccc2C)C(=O)c2cc(Cl)ccc2C1=O. The van der Waals surface area contributed by atoms with Crippen molar-refractivity contribution in [3.63, 3.8) is 0 Å². The lowest BCUT2D eigenvalue weighted by atomic mass is 9.92. The Kier molecular flexibility index (Phi) is 5.42. The Morgan fingerprint density at radius 2 is 1.03 bits per heavy atom. The van der Waals surface area contributed by atoms with Crippen LogP contribution in [-0.4, -0.2) is 11.6 Å². The Morgan fingerprint density at radius 3 is 1.48 bits per heavy atom. The van der Waals surface area contributed by atoms with Crippen LogP contribution in [0.15, 0.2) is 66.1 Å². The van der Waals surface area contributed by atoms with Gasteiger partial charge in [-0.15, -0.1) is 0 Å². The van der Waals surface area contributed by atoms with E-state index in [-0.39, 0.29) is 22.6 Å². The van der Waals surface area contributed by atoms with Crippen LogP contribution in [-0.2, 0) is 0 Å². The van der Waals surface area contributed by atoms with Crippen molar-refractivity contribution in [3.05, 3.63) is 105 Å². The van der Waals surface area contributed by atoms with E-state index in [1.807, 2.05) is 64.1 Å². The third kappa shape index (κ3) is 3.75. The number of halogens is 1. The summed E-state index contributed by atoms with van der Waals surface area (Å²) in [6.45, 7) is 7.54. The summed E-state index contributed by atoms with van der Waals surface area (Å²) < 4.78 is 12.2. The van der Waals surface area contributed by atoms with Crippen LogP contribution in [0.3, 0.4) is 0 Å². The number of hydrogen-bond acceptors (Lipinski definition) is 4. The van der Waals surface area contributed by atoms with Gasteiger partial charge in [0, 0.05) is 16.1 Å². The van der Waals surface area contributed by atoms with E-state index in [0.717, 1.165) is 22.3 Å². The van der Waals surface area contributed by atoms with Gasteiger partial charge in [0.2, 0.25) is 23.1 Å². The van der Waals surface area contributed by atoms with Gasteiger partial charge in [-0.05, 0) is 68.1 Å². The van der Waals surface area contributed by atoms with Crippen LogP contribution < -0.4 is 9.47 Å². The molecule has 0 N–H and O–H groups in total. The van der Waals surface area contributed by atoms with Gasteiger partial charge in [0.25, 0.3) is 0 Å². The zero-order valence-corrected chi connectivity index (χ0v) is 18.5. The van der Waals surface area contributed by atoms with Crippen LogP contribution in [0, 0.1) is 27.7 Å². The van der Waals surface area contributed by atoms with Crippen molar-refractivity contribution in [3.8, 4) is 11.5 Å². The molecule has 0 aliphatic heterocycles. The molecule has 3 aromatic rings. The number of fused-ring (bicyclic) bond motifs is 1. The number of Topliss-reactive ketones (excluding diaryl/α,β-unsaturated/α-hetero) is 2. The van der Waals surface area contributed by atoms with Crippen LogP contribution in [0.4, 0.5) is 0 Å². The lowest BCUT2D eigenvalue weighted by molar-refractivity contribution is 0.0896. The molecule has 4 nitrogen and oxygen atoms in total. The van der Waals surface area contributed by atoms with Crippen molar-refractivity contribution in [1.29, 1.82) is 0 Å². The molecule has 0 unspecified atom stereocenters. The predicted octanol–water partition coefficient (Wildman–Crippen LogP) is 6.32. The quantitative estimate of drug-likeness (QED) is 0.484. The zero-order valence-electron chi connectivity index (χ0n) is 17.7. The minimum absolute atomic E-state index is 0.125. The maximum absolute atomic E-state index is 13.4. The molecule has 31 heavy (non-hydrogen) atoms. The summed E-state index contributed by atoms with van der Waals surface area (Å²) in [7, 11) is 0. The summed E-state index contributed by atoms with van der Waals surface area (Å²) in [6.07, 6.45) is 0. The Balaban J connectivity index is 1.91. The lowest BCUT2D eigenvalue weighted by Crippen LogP contribution is -2.28. The van der Waals surface area contributed by atoms with Crippen molar-refractivity contribution in [2.75, 3.05) is 0 Å². The van der Waals surface area contributed by atoms with Crippen LogP contribution in [0.5, 0.6) is 11.5 Å². The van der Waals surface area contributed by atoms with Gasteiger partial charge in [-0.3, -0.25) is 9.59 Å². The Morgan fingerprint density at radius 1 is 0.613 bits per heavy atom. The summed E-state index contributed by atoms with van der Waals surface area (Å²) in [4.78, 5) is 26.9. The molecule has 0 aromatic heterocycles. The molecule has 3 aromatic carbocycles. The minimum Gasteiger partial charge on any atom is -0.449 e. The normalized spacial score (nSPS) is 13.3. The summed E-state index contributed by atoms with van der Waals surface area (Å²) in [5.74, 6) is -0.0822. The number of carbonyl (C=O) groups is 2. The van der Waals surface area contributed by atoms with Crippen molar-refractivity contribution < 1.29 is 19.1 Å². The Labute approximate surface area is 186 Å². The Hall–Kier alpha value is -3.37. The molecule has 0 atom stereocenters. The Bertz CT molecular complexity index is 1230. The molecular formula is C26H21ClO4. The first-order valence-corrected chi connectivity index (χ1v) is 10.3. The fraction of sp³-hybridized carbons (Fsp3) is 0.154.